The van der Waals surface area contributed by atoms with Gasteiger partial charge < -0.3 is 25.2 Å². The fraction of sp³-hybridized carbons (Fsp3) is 0.750. The summed E-state index contributed by atoms with van der Waals surface area (Å²) in [4.78, 5) is 45.9. The molecule has 1 unspecified atom stereocenters. The van der Waals surface area contributed by atoms with E-state index in [-0.39, 0.29) is 19.4 Å². The number of rotatable bonds is 40. The van der Waals surface area contributed by atoms with Crippen molar-refractivity contribution in [3.8, 4) is 0 Å². The Bertz CT molecular complexity index is 1140. The molecule has 0 aliphatic carbocycles. The van der Waals surface area contributed by atoms with Gasteiger partial charge in [-0.25, -0.2) is 4.57 Å². The zero-order chi connectivity index (χ0) is 41.4. The second kappa shape index (κ2) is 39.3. The molecule has 0 heterocycles. The van der Waals surface area contributed by atoms with Crippen molar-refractivity contribution in [2.24, 2.45) is 5.73 Å². The van der Waals surface area contributed by atoms with Crippen LogP contribution in [0.3, 0.4) is 0 Å². The zero-order valence-electron chi connectivity index (χ0n) is 35.0. The average molecular weight is 812 g/mol. The molecule has 0 saturated heterocycles. The van der Waals surface area contributed by atoms with Crippen LogP contribution in [0, 0.1) is 0 Å². The van der Waals surface area contributed by atoms with Crippen LogP contribution in [0.1, 0.15) is 181 Å². The number of unbranched alkanes of at least 4 members (excludes halogenated alkanes) is 18. The third-order valence-corrected chi connectivity index (χ3v) is 10.0. The molecule has 0 radical (unpaired) electrons. The van der Waals surface area contributed by atoms with Crippen LogP contribution in [0.5, 0.6) is 0 Å². The number of phosphoric ester groups is 1. The molecule has 11 nitrogen and oxygen atoms in total. The number of phosphoric acid groups is 1. The number of allylic oxidation sites excluding steroid dienone is 8. The molecule has 0 bridgehead atoms. The summed E-state index contributed by atoms with van der Waals surface area (Å²) >= 11 is 0. The van der Waals surface area contributed by atoms with Gasteiger partial charge in [0.1, 0.15) is 12.6 Å². The summed E-state index contributed by atoms with van der Waals surface area (Å²) < 4.78 is 32.6. The van der Waals surface area contributed by atoms with E-state index >= 15 is 0 Å². The van der Waals surface area contributed by atoms with E-state index in [0.717, 1.165) is 38.5 Å². The number of carboxylic acids is 1. The van der Waals surface area contributed by atoms with Crippen molar-refractivity contribution in [3.63, 3.8) is 0 Å². The molecular weight excluding hydrogens is 733 g/mol. The molecule has 0 aromatic heterocycles. The highest BCUT2D eigenvalue weighted by atomic mass is 31.2. The molecule has 324 valence electrons. The van der Waals surface area contributed by atoms with Crippen molar-refractivity contribution in [3.05, 3.63) is 48.6 Å². The summed E-state index contributed by atoms with van der Waals surface area (Å²) in [5.74, 6) is -2.45. The zero-order valence-corrected chi connectivity index (χ0v) is 35.9. The highest BCUT2D eigenvalue weighted by Gasteiger charge is 2.28. The first-order chi connectivity index (χ1) is 27.1. The number of ether oxygens (including phenoxy) is 2. The van der Waals surface area contributed by atoms with Crippen LogP contribution in [-0.2, 0) is 37.5 Å². The fourth-order valence-electron chi connectivity index (χ4n) is 5.59. The monoisotopic (exact) mass is 812 g/mol. The van der Waals surface area contributed by atoms with Crippen molar-refractivity contribution in [2.75, 3.05) is 19.8 Å². The van der Waals surface area contributed by atoms with Crippen molar-refractivity contribution >= 4 is 25.7 Å². The molecule has 0 rings (SSSR count). The van der Waals surface area contributed by atoms with Gasteiger partial charge in [-0.1, -0.05) is 152 Å². The lowest BCUT2D eigenvalue weighted by Gasteiger charge is -2.20. The highest BCUT2D eigenvalue weighted by molar-refractivity contribution is 7.47. The standard InChI is InChI=1S/C44H78NO10P/c1-3-5-7-9-11-13-15-17-19-20-22-24-26-28-30-32-34-36-43(47)55-40(38-53-56(50,51)54-39-41(45)44(48)49)37-52-42(46)35-33-31-29-27-25-23-21-18-16-14-12-10-8-6-4-2/h10,12,17,19,22,24,28,30,40-41H,3-9,11,13-16,18,20-21,23,25-27,29,31-39,45H2,1-2H3,(H,48,49)(H,50,51)/b12-10+,19-17+,24-22+,30-28+/t40-,41+/m1/s1. The summed E-state index contributed by atoms with van der Waals surface area (Å²) in [6, 6.07) is -1.53. The molecule has 0 fully saturated rings. The SMILES string of the molecule is CCCC/C=C/CCCCCCCCCCCC(=O)OC[C@H](COP(=O)(O)OC[C@H](N)C(=O)O)OC(=O)CCC/C=C/C/C=C/C/C=C/CCCCCCCC. The fourth-order valence-corrected chi connectivity index (χ4v) is 6.37. The molecule has 0 amide bonds. The van der Waals surface area contributed by atoms with Crippen LogP contribution >= 0.6 is 7.82 Å². The maximum Gasteiger partial charge on any atom is 0.472 e. The predicted molar refractivity (Wildman–Crippen MR) is 226 cm³/mol. The Hall–Kier alpha value is -2.56. The predicted octanol–water partition coefficient (Wildman–Crippen LogP) is 11.4. The normalized spacial score (nSPS) is 14.2. The number of carbonyl (C=O) groups excluding carboxylic acids is 2. The number of esters is 2. The van der Waals surface area contributed by atoms with E-state index in [1.807, 2.05) is 12.2 Å². The van der Waals surface area contributed by atoms with Crippen LogP contribution in [0.2, 0.25) is 0 Å². The molecule has 0 aromatic rings. The van der Waals surface area contributed by atoms with E-state index in [2.05, 4.69) is 54.8 Å². The molecular formula is C44H78NO10P. The molecule has 4 N–H and O–H groups in total. The number of nitrogens with two attached hydrogens (primary N) is 1. The second-order valence-corrected chi connectivity index (χ2v) is 15.9. The van der Waals surface area contributed by atoms with E-state index in [4.69, 9.17) is 24.8 Å². The minimum Gasteiger partial charge on any atom is -0.480 e. The third-order valence-electron chi connectivity index (χ3n) is 9.05. The Morgan fingerprint density at radius 2 is 0.982 bits per heavy atom. The first kappa shape index (κ1) is 53.4. The number of carboxylic acid groups (broad SMARTS) is 1. The highest BCUT2D eigenvalue weighted by Crippen LogP contribution is 2.43. The van der Waals surface area contributed by atoms with Gasteiger partial charge in [0.2, 0.25) is 0 Å². The van der Waals surface area contributed by atoms with Crippen molar-refractivity contribution in [1.82, 2.24) is 0 Å². The van der Waals surface area contributed by atoms with Gasteiger partial charge in [0, 0.05) is 12.8 Å². The summed E-state index contributed by atoms with van der Waals surface area (Å²) in [6.07, 6.45) is 43.2. The van der Waals surface area contributed by atoms with E-state index in [1.54, 1.807) is 0 Å². The maximum atomic E-state index is 12.6. The second-order valence-electron chi connectivity index (χ2n) is 14.5. The first-order valence-electron chi connectivity index (χ1n) is 21.7. The van der Waals surface area contributed by atoms with Crippen molar-refractivity contribution in [2.45, 2.75) is 193 Å². The van der Waals surface area contributed by atoms with Crippen LogP contribution < -0.4 is 5.73 Å². The summed E-state index contributed by atoms with van der Waals surface area (Å²) in [6.45, 7) is 2.71. The molecule has 3 atom stereocenters. The van der Waals surface area contributed by atoms with Crippen LogP contribution in [0.25, 0.3) is 0 Å². The first-order valence-corrected chi connectivity index (χ1v) is 23.2. The van der Waals surface area contributed by atoms with Gasteiger partial charge >= 0.3 is 25.7 Å². The van der Waals surface area contributed by atoms with Gasteiger partial charge in [-0.2, -0.15) is 0 Å². The van der Waals surface area contributed by atoms with E-state index in [1.165, 1.54) is 96.3 Å². The Kier molecular flexibility index (Phi) is 37.5. The number of hydrogen-bond acceptors (Lipinski definition) is 9. The Labute approximate surface area is 339 Å². The summed E-state index contributed by atoms with van der Waals surface area (Å²) in [7, 11) is -4.73. The Morgan fingerprint density at radius 3 is 1.54 bits per heavy atom. The van der Waals surface area contributed by atoms with Gasteiger partial charge in [-0.05, 0) is 64.2 Å². The van der Waals surface area contributed by atoms with Crippen LogP contribution in [0.15, 0.2) is 48.6 Å². The molecule has 0 spiro atoms. The lowest BCUT2D eigenvalue weighted by molar-refractivity contribution is -0.161. The van der Waals surface area contributed by atoms with Crippen LogP contribution in [-0.4, -0.2) is 59.9 Å². The Morgan fingerprint density at radius 1 is 0.554 bits per heavy atom. The van der Waals surface area contributed by atoms with Crippen LogP contribution in [0.4, 0.5) is 0 Å². The number of carbonyl (C=O) groups is 3. The number of aliphatic carboxylic acids is 1. The minimum atomic E-state index is -4.73. The van der Waals surface area contributed by atoms with Crippen molar-refractivity contribution < 1.29 is 47.5 Å². The molecule has 0 saturated carbocycles. The van der Waals surface area contributed by atoms with E-state index in [9.17, 15) is 23.8 Å². The topological polar surface area (TPSA) is 172 Å². The summed E-state index contributed by atoms with van der Waals surface area (Å²) in [5, 5.41) is 8.88. The lowest BCUT2D eigenvalue weighted by Crippen LogP contribution is -2.34. The van der Waals surface area contributed by atoms with Crippen molar-refractivity contribution in [1.29, 1.82) is 0 Å². The average Bonchev–Trinajstić information content (AvgIpc) is 3.17. The number of hydrogen-bond donors (Lipinski definition) is 3. The van der Waals surface area contributed by atoms with Gasteiger partial charge in [-0.15, -0.1) is 0 Å². The van der Waals surface area contributed by atoms with Gasteiger partial charge in [0.25, 0.3) is 0 Å². The molecule has 0 aromatic carbocycles. The molecule has 56 heavy (non-hydrogen) atoms. The molecule has 0 aliphatic rings. The quantitative estimate of drug-likeness (QED) is 0.0233. The third kappa shape index (κ3) is 38.3. The molecule has 12 heteroatoms. The van der Waals surface area contributed by atoms with Gasteiger partial charge in [-0.3, -0.25) is 23.4 Å². The smallest absolute Gasteiger partial charge is 0.472 e. The van der Waals surface area contributed by atoms with E-state index < -0.39 is 51.1 Å². The Balaban J connectivity index is 4.46. The van der Waals surface area contributed by atoms with Gasteiger partial charge in [0.15, 0.2) is 6.10 Å². The lowest BCUT2D eigenvalue weighted by atomic mass is 10.1. The maximum absolute atomic E-state index is 12.6. The van der Waals surface area contributed by atoms with Gasteiger partial charge in [0.05, 0.1) is 13.2 Å². The minimum absolute atomic E-state index is 0.0885. The summed E-state index contributed by atoms with van der Waals surface area (Å²) in [5.41, 5.74) is 5.33. The largest absolute Gasteiger partial charge is 0.480 e. The van der Waals surface area contributed by atoms with E-state index in [0.29, 0.717) is 19.3 Å². The molecule has 0 aliphatic heterocycles.